The lowest BCUT2D eigenvalue weighted by atomic mass is 10.2. The van der Waals surface area contributed by atoms with Crippen molar-refractivity contribution < 1.29 is 8.42 Å². The fourth-order valence-electron chi connectivity index (χ4n) is 1.21. The zero-order valence-corrected chi connectivity index (χ0v) is 9.66. The summed E-state index contributed by atoms with van der Waals surface area (Å²) in [4.78, 5) is 0.175. The van der Waals surface area contributed by atoms with Crippen LogP contribution in [0.5, 0.6) is 0 Å². The smallest absolute Gasteiger partial charge is 0.246 e. The van der Waals surface area contributed by atoms with Crippen molar-refractivity contribution in [3.05, 3.63) is 12.4 Å². The van der Waals surface area contributed by atoms with E-state index in [4.69, 9.17) is 5.73 Å². The predicted molar refractivity (Wildman–Crippen MR) is 56.7 cm³/mol. The highest BCUT2D eigenvalue weighted by molar-refractivity contribution is 7.89. The van der Waals surface area contributed by atoms with Gasteiger partial charge in [0.25, 0.3) is 0 Å². The summed E-state index contributed by atoms with van der Waals surface area (Å²) in [5, 5.41) is 6.10. The SMILES string of the molecule is CC(CCN)N(C)S(=O)(=O)c1cn[nH]c1. The van der Waals surface area contributed by atoms with E-state index in [9.17, 15) is 8.42 Å². The van der Waals surface area contributed by atoms with Crippen molar-refractivity contribution in [2.75, 3.05) is 13.6 Å². The second kappa shape index (κ2) is 4.73. The zero-order valence-electron chi connectivity index (χ0n) is 8.84. The number of nitrogens with two attached hydrogens (primary N) is 1. The Morgan fingerprint density at radius 2 is 2.33 bits per heavy atom. The maximum atomic E-state index is 11.9. The van der Waals surface area contributed by atoms with Crippen molar-refractivity contribution in [3.63, 3.8) is 0 Å². The first kappa shape index (κ1) is 12.2. The molecule has 0 aromatic carbocycles. The van der Waals surface area contributed by atoms with Gasteiger partial charge in [0, 0.05) is 19.3 Å². The first-order valence-corrected chi connectivity index (χ1v) is 6.11. The molecule has 1 unspecified atom stereocenters. The van der Waals surface area contributed by atoms with E-state index in [2.05, 4.69) is 10.2 Å². The molecule has 0 saturated heterocycles. The third kappa shape index (κ3) is 2.55. The monoisotopic (exact) mass is 232 g/mol. The molecule has 0 amide bonds. The minimum atomic E-state index is -3.43. The second-order valence-electron chi connectivity index (χ2n) is 3.38. The molecule has 1 aromatic heterocycles. The van der Waals surface area contributed by atoms with E-state index in [1.807, 2.05) is 6.92 Å². The number of aromatic nitrogens is 2. The van der Waals surface area contributed by atoms with E-state index >= 15 is 0 Å². The predicted octanol–water partition coefficient (Wildman–Crippen LogP) is -0.232. The Bertz CT molecular complexity index is 387. The van der Waals surface area contributed by atoms with Gasteiger partial charge in [-0.25, -0.2) is 8.42 Å². The quantitative estimate of drug-likeness (QED) is 0.733. The van der Waals surface area contributed by atoms with E-state index < -0.39 is 10.0 Å². The maximum Gasteiger partial charge on any atom is 0.246 e. The highest BCUT2D eigenvalue weighted by Crippen LogP contribution is 2.15. The molecule has 86 valence electrons. The Morgan fingerprint density at radius 3 is 2.80 bits per heavy atom. The standard InChI is InChI=1S/C8H16N4O2S/c1-7(3-4-9)12(2)15(13,14)8-5-10-11-6-8/h5-7H,3-4,9H2,1-2H3,(H,10,11). The molecule has 0 aliphatic carbocycles. The van der Waals surface area contributed by atoms with Gasteiger partial charge in [-0.2, -0.15) is 9.40 Å². The summed E-state index contributed by atoms with van der Waals surface area (Å²) in [6, 6.07) is -0.116. The first-order valence-electron chi connectivity index (χ1n) is 4.67. The Morgan fingerprint density at radius 1 is 1.67 bits per heavy atom. The van der Waals surface area contributed by atoms with Crippen LogP contribution in [0.25, 0.3) is 0 Å². The van der Waals surface area contributed by atoms with Crippen LogP contribution in [0.1, 0.15) is 13.3 Å². The molecule has 1 heterocycles. The van der Waals surface area contributed by atoms with Gasteiger partial charge in [-0.3, -0.25) is 5.10 Å². The number of sulfonamides is 1. The summed E-state index contributed by atoms with van der Waals surface area (Å²) >= 11 is 0. The third-order valence-electron chi connectivity index (χ3n) is 2.36. The Hall–Kier alpha value is -0.920. The molecule has 1 rings (SSSR count). The fraction of sp³-hybridized carbons (Fsp3) is 0.625. The van der Waals surface area contributed by atoms with Crippen molar-refractivity contribution in [1.82, 2.24) is 14.5 Å². The van der Waals surface area contributed by atoms with Gasteiger partial charge in [-0.1, -0.05) is 0 Å². The van der Waals surface area contributed by atoms with E-state index in [1.54, 1.807) is 7.05 Å². The van der Waals surface area contributed by atoms with Gasteiger partial charge in [0.15, 0.2) is 0 Å². The molecule has 0 radical (unpaired) electrons. The molecule has 6 nitrogen and oxygen atoms in total. The minimum absolute atomic E-state index is 0.116. The average molecular weight is 232 g/mol. The number of H-pyrrole nitrogens is 1. The van der Waals surface area contributed by atoms with Gasteiger partial charge < -0.3 is 5.73 Å². The maximum absolute atomic E-state index is 11.9. The van der Waals surface area contributed by atoms with Gasteiger partial charge in [-0.15, -0.1) is 0 Å². The van der Waals surface area contributed by atoms with Gasteiger partial charge in [0.05, 0.1) is 6.20 Å². The van der Waals surface area contributed by atoms with E-state index in [1.165, 1.54) is 16.7 Å². The molecule has 1 aromatic rings. The number of hydrogen-bond acceptors (Lipinski definition) is 4. The summed E-state index contributed by atoms with van der Waals surface area (Å²) in [6.45, 7) is 2.29. The van der Waals surface area contributed by atoms with E-state index in [0.717, 1.165) is 0 Å². The molecule has 1 atom stereocenters. The van der Waals surface area contributed by atoms with Crippen molar-refractivity contribution in [3.8, 4) is 0 Å². The Kier molecular flexibility index (Phi) is 3.83. The molecule has 0 aliphatic rings. The molecule has 0 aliphatic heterocycles. The van der Waals surface area contributed by atoms with Crippen LogP contribution in [0.15, 0.2) is 17.3 Å². The molecular weight excluding hydrogens is 216 g/mol. The van der Waals surface area contributed by atoms with Crippen molar-refractivity contribution >= 4 is 10.0 Å². The lowest BCUT2D eigenvalue weighted by Crippen LogP contribution is -2.36. The summed E-state index contributed by atoms with van der Waals surface area (Å²) in [6.07, 6.45) is 3.29. The molecule has 0 spiro atoms. The normalized spacial score (nSPS) is 14.4. The number of aromatic amines is 1. The second-order valence-corrected chi connectivity index (χ2v) is 5.38. The highest BCUT2D eigenvalue weighted by Gasteiger charge is 2.25. The number of nitrogens with one attached hydrogen (secondary N) is 1. The molecule has 0 fully saturated rings. The van der Waals surface area contributed by atoms with Crippen LogP contribution in [-0.2, 0) is 10.0 Å². The van der Waals surface area contributed by atoms with Gasteiger partial charge in [-0.05, 0) is 19.9 Å². The van der Waals surface area contributed by atoms with Gasteiger partial charge in [0.1, 0.15) is 4.90 Å². The Labute approximate surface area is 89.5 Å². The molecule has 3 N–H and O–H groups in total. The van der Waals surface area contributed by atoms with Crippen molar-refractivity contribution in [1.29, 1.82) is 0 Å². The summed E-state index contributed by atoms with van der Waals surface area (Å²) < 4.78 is 25.2. The minimum Gasteiger partial charge on any atom is -0.330 e. The lowest BCUT2D eigenvalue weighted by molar-refractivity contribution is 0.374. The molecule has 15 heavy (non-hydrogen) atoms. The molecule has 7 heteroatoms. The number of hydrogen-bond donors (Lipinski definition) is 2. The van der Waals surface area contributed by atoms with Crippen molar-refractivity contribution in [2.24, 2.45) is 5.73 Å². The molecule has 0 saturated carbocycles. The zero-order chi connectivity index (χ0) is 11.5. The topological polar surface area (TPSA) is 92.1 Å². The molecular formula is C8H16N4O2S. The van der Waals surface area contributed by atoms with Gasteiger partial charge >= 0.3 is 0 Å². The van der Waals surface area contributed by atoms with Crippen LogP contribution in [0.2, 0.25) is 0 Å². The first-order chi connectivity index (χ1) is 7.00. The van der Waals surface area contributed by atoms with Gasteiger partial charge in [0.2, 0.25) is 10.0 Å². The lowest BCUT2D eigenvalue weighted by Gasteiger charge is -2.22. The number of nitrogens with zero attached hydrogens (tertiary/aromatic N) is 2. The van der Waals surface area contributed by atoms with Crippen LogP contribution < -0.4 is 5.73 Å². The summed E-state index contributed by atoms with van der Waals surface area (Å²) in [5.74, 6) is 0. The highest BCUT2D eigenvalue weighted by atomic mass is 32.2. The summed E-state index contributed by atoms with van der Waals surface area (Å²) in [5.41, 5.74) is 5.39. The van der Waals surface area contributed by atoms with Crippen molar-refractivity contribution in [2.45, 2.75) is 24.3 Å². The summed E-state index contributed by atoms with van der Waals surface area (Å²) in [7, 11) is -1.89. The largest absolute Gasteiger partial charge is 0.330 e. The van der Waals surface area contributed by atoms with Crippen LogP contribution in [0, 0.1) is 0 Å². The van der Waals surface area contributed by atoms with Crippen LogP contribution in [0.4, 0.5) is 0 Å². The third-order valence-corrected chi connectivity index (χ3v) is 4.29. The van der Waals surface area contributed by atoms with Crippen LogP contribution >= 0.6 is 0 Å². The van der Waals surface area contributed by atoms with E-state index in [0.29, 0.717) is 13.0 Å². The average Bonchev–Trinajstić information content (AvgIpc) is 2.70. The number of rotatable bonds is 5. The van der Waals surface area contributed by atoms with Crippen LogP contribution in [-0.4, -0.2) is 42.6 Å². The molecule has 0 bridgehead atoms. The fourth-order valence-corrected chi connectivity index (χ4v) is 2.51. The van der Waals surface area contributed by atoms with E-state index in [-0.39, 0.29) is 10.9 Å². The van der Waals surface area contributed by atoms with Crippen LogP contribution in [0.3, 0.4) is 0 Å². The Balaban J connectivity index is 2.88.